The van der Waals surface area contributed by atoms with E-state index in [0.29, 0.717) is 13.0 Å². The fourth-order valence-electron chi connectivity index (χ4n) is 5.09. The van der Waals surface area contributed by atoms with Gasteiger partial charge in [0, 0.05) is 57.1 Å². The van der Waals surface area contributed by atoms with Crippen molar-refractivity contribution in [2.75, 3.05) is 19.6 Å². The van der Waals surface area contributed by atoms with Gasteiger partial charge >= 0.3 is 0 Å². The number of nitrogens with two attached hydrogens (primary N) is 1. The standard InChI is InChI=1S/C25H31N7O/c1-19(14-24(27)33)30-12-9-22(10-13-30)32-23(21-7-3-2-4-8-21)17-31(25(32)29-18-26)16-20-6-5-11-28-15-20/h2-8,11,15,19,22-23H,9-10,12-14,16-17H2,1H3,(H2,27,33)/t19-,23-/m0/s1. The zero-order valence-corrected chi connectivity index (χ0v) is 19.0. The Morgan fingerprint density at radius 1 is 1.24 bits per heavy atom. The normalized spacial score (nSPS) is 21.8. The van der Waals surface area contributed by atoms with Crippen LogP contribution < -0.4 is 5.73 Å². The molecule has 8 heteroatoms. The number of nitriles is 1. The zero-order chi connectivity index (χ0) is 23.2. The molecule has 0 radical (unpaired) electrons. The summed E-state index contributed by atoms with van der Waals surface area (Å²) in [5, 5.41) is 9.53. The number of aliphatic imine (C=N–C) groups is 1. The van der Waals surface area contributed by atoms with Crippen molar-refractivity contribution < 1.29 is 4.79 Å². The molecule has 2 N–H and O–H groups in total. The third-order valence-electron chi connectivity index (χ3n) is 6.69. The van der Waals surface area contributed by atoms with Gasteiger partial charge in [-0.1, -0.05) is 36.4 Å². The van der Waals surface area contributed by atoms with Crippen LogP contribution in [0.2, 0.25) is 0 Å². The van der Waals surface area contributed by atoms with Crippen molar-refractivity contribution in [2.24, 2.45) is 10.7 Å². The Labute approximate surface area is 195 Å². The van der Waals surface area contributed by atoms with Gasteiger partial charge in [-0.25, -0.2) is 0 Å². The van der Waals surface area contributed by atoms with Gasteiger partial charge in [-0.15, -0.1) is 4.99 Å². The minimum Gasteiger partial charge on any atom is -0.370 e. The van der Waals surface area contributed by atoms with Gasteiger partial charge in [-0.2, -0.15) is 5.26 Å². The van der Waals surface area contributed by atoms with Crippen LogP contribution >= 0.6 is 0 Å². The van der Waals surface area contributed by atoms with Crippen LogP contribution in [0.1, 0.15) is 43.4 Å². The molecule has 0 aliphatic carbocycles. The van der Waals surface area contributed by atoms with E-state index in [9.17, 15) is 10.1 Å². The Morgan fingerprint density at radius 2 is 2.00 bits per heavy atom. The van der Waals surface area contributed by atoms with Crippen molar-refractivity contribution >= 4 is 11.9 Å². The quantitative estimate of drug-likeness (QED) is 0.657. The number of carbonyl (C=O) groups is 1. The maximum absolute atomic E-state index is 11.4. The monoisotopic (exact) mass is 445 g/mol. The van der Waals surface area contributed by atoms with Crippen molar-refractivity contribution in [1.82, 2.24) is 19.7 Å². The molecule has 2 aliphatic rings. The number of aromatic nitrogens is 1. The smallest absolute Gasteiger partial charge is 0.218 e. The molecule has 1 aromatic heterocycles. The van der Waals surface area contributed by atoms with E-state index in [1.54, 1.807) is 6.20 Å². The van der Waals surface area contributed by atoms with Crippen LogP contribution in [-0.2, 0) is 11.3 Å². The van der Waals surface area contributed by atoms with Gasteiger partial charge in [0.1, 0.15) is 0 Å². The zero-order valence-electron chi connectivity index (χ0n) is 19.0. The van der Waals surface area contributed by atoms with Gasteiger partial charge in [0.15, 0.2) is 0 Å². The molecule has 0 spiro atoms. The molecule has 0 bridgehead atoms. The third kappa shape index (κ3) is 5.32. The summed E-state index contributed by atoms with van der Waals surface area (Å²) in [4.78, 5) is 26.8. The van der Waals surface area contributed by atoms with Crippen LogP contribution in [0.15, 0.2) is 59.9 Å². The van der Waals surface area contributed by atoms with Crippen molar-refractivity contribution in [2.45, 2.75) is 50.9 Å². The highest BCUT2D eigenvalue weighted by Gasteiger charge is 2.41. The Bertz CT molecular complexity index is 996. The molecule has 0 unspecified atom stereocenters. The molecular weight excluding hydrogens is 414 g/mol. The summed E-state index contributed by atoms with van der Waals surface area (Å²) >= 11 is 0. The second kappa shape index (κ2) is 10.5. The Kier molecular flexibility index (Phi) is 7.20. The highest BCUT2D eigenvalue weighted by molar-refractivity contribution is 5.84. The Balaban J connectivity index is 1.58. The maximum Gasteiger partial charge on any atom is 0.218 e. The van der Waals surface area contributed by atoms with Crippen LogP contribution in [0.25, 0.3) is 0 Å². The number of likely N-dealkylation sites (tertiary alicyclic amines) is 1. The number of nitrogens with zero attached hydrogens (tertiary/aromatic N) is 6. The van der Waals surface area contributed by atoms with Crippen LogP contribution in [0, 0.1) is 11.5 Å². The van der Waals surface area contributed by atoms with Gasteiger partial charge in [0.25, 0.3) is 0 Å². The number of pyridine rings is 1. The van der Waals surface area contributed by atoms with Crippen molar-refractivity contribution in [3.63, 3.8) is 0 Å². The van der Waals surface area contributed by atoms with E-state index in [1.807, 2.05) is 24.5 Å². The molecule has 33 heavy (non-hydrogen) atoms. The van der Waals surface area contributed by atoms with E-state index >= 15 is 0 Å². The summed E-state index contributed by atoms with van der Waals surface area (Å²) in [6.07, 6.45) is 7.93. The summed E-state index contributed by atoms with van der Waals surface area (Å²) < 4.78 is 0. The second-order valence-electron chi connectivity index (χ2n) is 8.87. The molecule has 1 aromatic carbocycles. The summed E-state index contributed by atoms with van der Waals surface area (Å²) in [7, 11) is 0. The predicted molar refractivity (Wildman–Crippen MR) is 127 cm³/mol. The van der Waals surface area contributed by atoms with Crippen LogP contribution in [-0.4, -0.2) is 63.3 Å². The molecule has 8 nitrogen and oxygen atoms in total. The van der Waals surface area contributed by atoms with Gasteiger partial charge < -0.3 is 15.5 Å². The lowest BCUT2D eigenvalue weighted by Gasteiger charge is -2.41. The molecule has 172 valence electrons. The first-order chi connectivity index (χ1) is 16.1. The minimum absolute atomic E-state index is 0.120. The number of rotatable bonds is 7. The molecule has 2 atom stereocenters. The number of piperidine rings is 1. The molecule has 4 rings (SSSR count). The molecule has 2 saturated heterocycles. The molecule has 2 fully saturated rings. The first kappa shape index (κ1) is 22.7. The number of hydrogen-bond acceptors (Lipinski definition) is 5. The van der Waals surface area contributed by atoms with Gasteiger partial charge in [-0.05, 0) is 37.0 Å². The summed E-state index contributed by atoms with van der Waals surface area (Å²) in [5.41, 5.74) is 7.72. The Hall–Kier alpha value is -3.44. The lowest BCUT2D eigenvalue weighted by Crippen LogP contribution is -2.50. The lowest BCUT2D eigenvalue weighted by molar-refractivity contribution is -0.119. The molecule has 3 heterocycles. The van der Waals surface area contributed by atoms with E-state index in [0.717, 1.165) is 44.0 Å². The third-order valence-corrected chi connectivity index (χ3v) is 6.69. The van der Waals surface area contributed by atoms with Gasteiger partial charge in [0.2, 0.25) is 18.1 Å². The fraction of sp³-hybridized carbons (Fsp3) is 0.440. The minimum atomic E-state index is -0.261. The lowest BCUT2D eigenvalue weighted by atomic mass is 9.98. The number of hydrogen-bond donors (Lipinski definition) is 1. The van der Waals surface area contributed by atoms with Gasteiger partial charge in [0.05, 0.1) is 6.04 Å². The SMILES string of the molecule is C[C@@H](CC(N)=O)N1CCC(N2C(=NC#N)N(Cc3cccnc3)C[C@H]2c2ccccc2)CC1. The van der Waals surface area contributed by atoms with Crippen LogP contribution in [0.5, 0.6) is 0 Å². The van der Waals surface area contributed by atoms with Crippen molar-refractivity contribution in [3.8, 4) is 6.19 Å². The average molecular weight is 446 g/mol. The average Bonchev–Trinajstić information content (AvgIpc) is 3.18. The van der Waals surface area contributed by atoms with E-state index in [4.69, 9.17) is 5.73 Å². The fourth-order valence-corrected chi connectivity index (χ4v) is 5.09. The molecule has 2 aromatic rings. The van der Waals surface area contributed by atoms with E-state index in [1.165, 1.54) is 5.56 Å². The molecule has 2 aliphatic heterocycles. The largest absolute Gasteiger partial charge is 0.370 e. The highest BCUT2D eigenvalue weighted by atomic mass is 16.1. The van der Waals surface area contributed by atoms with E-state index in [-0.39, 0.29) is 24.0 Å². The number of carbonyl (C=O) groups excluding carboxylic acids is 1. The second-order valence-corrected chi connectivity index (χ2v) is 8.87. The number of amides is 1. The highest BCUT2D eigenvalue weighted by Crippen LogP contribution is 2.35. The number of primary amides is 1. The number of benzene rings is 1. The van der Waals surface area contributed by atoms with Crippen LogP contribution in [0.3, 0.4) is 0 Å². The maximum atomic E-state index is 11.4. The predicted octanol–water partition coefficient (Wildman–Crippen LogP) is 2.51. The van der Waals surface area contributed by atoms with E-state index < -0.39 is 0 Å². The summed E-state index contributed by atoms with van der Waals surface area (Å²) in [5.74, 6) is 0.474. The summed E-state index contributed by atoms with van der Waals surface area (Å²) in [6.45, 7) is 5.26. The summed E-state index contributed by atoms with van der Waals surface area (Å²) in [6, 6.07) is 15.0. The first-order valence-corrected chi connectivity index (χ1v) is 11.5. The van der Waals surface area contributed by atoms with Crippen molar-refractivity contribution in [1.29, 1.82) is 5.26 Å². The Morgan fingerprint density at radius 3 is 2.64 bits per heavy atom. The first-order valence-electron chi connectivity index (χ1n) is 11.5. The number of guanidine groups is 1. The molecule has 0 saturated carbocycles. The van der Waals surface area contributed by atoms with Crippen LogP contribution in [0.4, 0.5) is 0 Å². The topological polar surface area (TPSA) is 102 Å². The van der Waals surface area contributed by atoms with Gasteiger partial charge in [-0.3, -0.25) is 14.7 Å². The molecule has 1 amide bonds. The molecular formula is C25H31N7O. The van der Waals surface area contributed by atoms with E-state index in [2.05, 4.69) is 61.9 Å². The van der Waals surface area contributed by atoms with Crippen molar-refractivity contribution in [3.05, 3.63) is 66.0 Å².